The van der Waals surface area contributed by atoms with Crippen molar-refractivity contribution in [2.75, 3.05) is 31.7 Å². The molecule has 1 atom stereocenters. The molecule has 1 heterocycles. The van der Waals surface area contributed by atoms with Gasteiger partial charge in [0.15, 0.2) is 11.8 Å². The molecule has 1 aromatic carbocycles. The minimum absolute atomic E-state index is 0.369. The summed E-state index contributed by atoms with van der Waals surface area (Å²) in [5, 5.41) is 15.1. The van der Waals surface area contributed by atoms with E-state index in [-0.39, 0.29) is 0 Å². The lowest BCUT2D eigenvalue weighted by atomic mass is 10.2. The molecule has 1 unspecified atom stereocenters. The summed E-state index contributed by atoms with van der Waals surface area (Å²) < 4.78 is 7.82. The van der Waals surface area contributed by atoms with E-state index in [0.29, 0.717) is 25.7 Å². The Bertz CT molecular complexity index is 734. The number of nitrogens with one attached hydrogen (secondary N) is 2. The van der Waals surface area contributed by atoms with Crippen LogP contribution in [0.2, 0.25) is 0 Å². The molecule has 2 N–H and O–H groups in total. The summed E-state index contributed by atoms with van der Waals surface area (Å²) in [6.45, 7) is 7.64. The molecule has 1 aromatic heterocycles. The molecule has 0 bridgehead atoms. The van der Waals surface area contributed by atoms with E-state index in [1.165, 1.54) is 5.56 Å². The summed E-state index contributed by atoms with van der Waals surface area (Å²) in [5.74, 6) is 4.05. The van der Waals surface area contributed by atoms with Crippen LogP contribution in [0, 0.1) is 12.8 Å². The molecular weight excluding hydrogens is 384 g/mol. The Kier molecular flexibility index (Phi) is 10.6. The third kappa shape index (κ3) is 8.87. The summed E-state index contributed by atoms with van der Waals surface area (Å²) in [5.41, 5.74) is 1.20. The Morgan fingerprint density at radius 2 is 2.03 bits per heavy atom. The smallest absolute Gasteiger partial charge is 0.191 e. The molecule has 0 fully saturated rings. The number of thioether (sulfide) groups is 1. The van der Waals surface area contributed by atoms with Gasteiger partial charge in [-0.1, -0.05) is 37.3 Å². The second-order valence-electron chi connectivity index (χ2n) is 7.15. The third-order valence-corrected chi connectivity index (χ3v) is 5.21. The molecule has 8 heteroatoms. The first-order valence-electron chi connectivity index (χ1n) is 10.1. The SMILES string of the molecule is CSCCCNC(=NCc1nnc(C)n1C)NCC(C)COCc1ccccc1. The van der Waals surface area contributed by atoms with E-state index in [1.54, 1.807) is 0 Å². The van der Waals surface area contributed by atoms with Gasteiger partial charge in [-0.2, -0.15) is 11.8 Å². The number of hydrogen-bond acceptors (Lipinski definition) is 5. The number of nitrogens with zero attached hydrogens (tertiary/aromatic N) is 4. The number of aromatic nitrogens is 3. The highest BCUT2D eigenvalue weighted by atomic mass is 32.2. The summed E-state index contributed by atoms with van der Waals surface area (Å²) >= 11 is 1.86. The van der Waals surface area contributed by atoms with E-state index in [2.05, 4.69) is 51.1 Å². The molecule has 0 aliphatic heterocycles. The van der Waals surface area contributed by atoms with Gasteiger partial charge in [-0.3, -0.25) is 0 Å². The monoisotopic (exact) mass is 418 g/mol. The first-order valence-corrected chi connectivity index (χ1v) is 11.5. The molecule has 0 saturated heterocycles. The Morgan fingerprint density at radius 3 is 2.72 bits per heavy atom. The number of benzene rings is 1. The van der Waals surface area contributed by atoms with Crippen LogP contribution in [0.15, 0.2) is 35.3 Å². The van der Waals surface area contributed by atoms with Gasteiger partial charge in [-0.15, -0.1) is 10.2 Å². The van der Waals surface area contributed by atoms with Crippen molar-refractivity contribution in [1.82, 2.24) is 25.4 Å². The van der Waals surface area contributed by atoms with Crippen molar-refractivity contribution in [3.63, 3.8) is 0 Å². The quantitative estimate of drug-likeness (QED) is 0.314. The molecule has 0 spiro atoms. The van der Waals surface area contributed by atoms with Crippen LogP contribution in [0.3, 0.4) is 0 Å². The maximum absolute atomic E-state index is 5.85. The standard InChI is InChI=1S/C21H34N6OS/c1-17(15-28-16-19-9-6-5-7-10-19)13-23-21(22-11-8-12-29-4)24-14-20-26-25-18(2)27(20)3/h5-7,9-10,17H,8,11-16H2,1-4H3,(H2,22,23,24). The van der Waals surface area contributed by atoms with Crippen LogP contribution >= 0.6 is 11.8 Å². The summed E-state index contributed by atoms with van der Waals surface area (Å²) in [4.78, 5) is 4.69. The lowest BCUT2D eigenvalue weighted by Crippen LogP contribution is -2.40. The maximum Gasteiger partial charge on any atom is 0.191 e. The zero-order valence-electron chi connectivity index (χ0n) is 18.0. The molecule has 0 radical (unpaired) electrons. The summed E-state index contributed by atoms with van der Waals surface area (Å²) in [6, 6.07) is 10.3. The van der Waals surface area contributed by atoms with Crippen LogP contribution in [-0.2, 0) is 24.9 Å². The average molecular weight is 419 g/mol. The molecule has 2 rings (SSSR count). The number of aryl methyl sites for hydroxylation is 1. The zero-order valence-corrected chi connectivity index (χ0v) is 18.8. The van der Waals surface area contributed by atoms with Gasteiger partial charge < -0.3 is 19.9 Å². The summed E-state index contributed by atoms with van der Waals surface area (Å²) in [6.07, 6.45) is 3.22. The van der Waals surface area contributed by atoms with Crippen molar-refractivity contribution >= 4 is 17.7 Å². The fourth-order valence-corrected chi connectivity index (χ4v) is 3.05. The topological polar surface area (TPSA) is 76.4 Å². The maximum atomic E-state index is 5.85. The van der Waals surface area contributed by atoms with Gasteiger partial charge in [-0.05, 0) is 36.8 Å². The Balaban J connectivity index is 1.80. The predicted octanol–water partition coefficient (Wildman–Crippen LogP) is 2.76. The van der Waals surface area contributed by atoms with Gasteiger partial charge >= 0.3 is 0 Å². The second kappa shape index (κ2) is 13.2. The van der Waals surface area contributed by atoms with Gasteiger partial charge in [0.05, 0.1) is 13.2 Å². The Labute approximate surface area is 178 Å². The first-order chi connectivity index (χ1) is 14.1. The highest BCUT2D eigenvalue weighted by molar-refractivity contribution is 7.98. The van der Waals surface area contributed by atoms with Gasteiger partial charge in [0.25, 0.3) is 0 Å². The van der Waals surface area contributed by atoms with E-state index in [4.69, 9.17) is 4.74 Å². The number of hydrogen-bond donors (Lipinski definition) is 2. The normalized spacial score (nSPS) is 12.8. The Hall–Kier alpha value is -2.06. The van der Waals surface area contributed by atoms with Crippen molar-refractivity contribution < 1.29 is 4.74 Å². The van der Waals surface area contributed by atoms with Crippen molar-refractivity contribution in [3.8, 4) is 0 Å². The molecule has 0 aliphatic rings. The van der Waals surface area contributed by atoms with Crippen LogP contribution in [0.5, 0.6) is 0 Å². The van der Waals surface area contributed by atoms with Crippen LogP contribution in [0.1, 0.15) is 30.6 Å². The van der Waals surface area contributed by atoms with Crippen LogP contribution in [0.4, 0.5) is 0 Å². The van der Waals surface area contributed by atoms with Crippen molar-refractivity contribution in [2.45, 2.75) is 33.4 Å². The fraction of sp³-hybridized carbons (Fsp3) is 0.571. The van der Waals surface area contributed by atoms with E-state index in [9.17, 15) is 0 Å². The fourth-order valence-electron chi connectivity index (χ4n) is 2.62. The highest BCUT2D eigenvalue weighted by Gasteiger charge is 2.07. The molecule has 0 amide bonds. The zero-order chi connectivity index (χ0) is 20.9. The lowest BCUT2D eigenvalue weighted by Gasteiger charge is -2.17. The van der Waals surface area contributed by atoms with Crippen LogP contribution < -0.4 is 10.6 Å². The molecular formula is C21H34N6OS. The van der Waals surface area contributed by atoms with Crippen LogP contribution in [-0.4, -0.2) is 52.4 Å². The number of guanidine groups is 1. The number of aliphatic imine (C=N–C) groups is 1. The molecule has 0 saturated carbocycles. The molecule has 7 nitrogen and oxygen atoms in total. The van der Waals surface area contributed by atoms with E-state index >= 15 is 0 Å². The molecule has 0 aliphatic carbocycles. The van der Waals surface area contributed by atoms with Gasteiger partial charge in [0.1, 0.15) is 12.4 Å². The number of rotatable bonds is 12. The average Bonchev–Trinajstić information content (AvgIpc) is 3.05. The Morgan fingerprint density at radius 1 is 1.24 bits per heavy atom. The number of ether oxygens (including phenoxy) is 1. The molecule has 160 valence electrons. The van der Waals surface area contributed by atoms with Crippen molar-refractivity contribution in [1.29, 1.82) is 0 Å². The van der Waals surface area contributed by atoms with Crippen LogP contribution in [0.25, 0.3) is 0 Å². The van der Waals surface area contributed by atoms with Crippen molar-refractivity contribution in [3.05, 3.63) is 47.5 Å². The minimum atomic E-state index is 0.369. The molecule has 2 aromatic rings. The minimum Gasteiger partial charge on any atom is -0.376 e. The van der Waals surface area contributed by atoms with Gasteiger partial charge in [0, 0.05) is 20.1 Å². The second-order valence-corrected chi connectivity index (χ2v) is 8.13. The van der Waals surface area contributed by atoms with E-state index in [1.807, 2.05) is 48.5 Å². The lowest BCUT2D eigenvalue weighted by molar-refractivity contribution is 0.0931. The van der Waals surface area contributed by atoms with E-state index in [0.717, 1.165) is 42.9 Å². The largest absolute Gasteiger partial charge is 0.376 e. The predicted molar refractivity (Wildman–Crippen MR) is 121 cm³/mol. The van der Waals surface area contributed by atoms with Gasteiger partial charge in [-0.25, -0.2) is 4.99 Å². The summed E-state index contributed by atoms with van der Waals surface area (Å²) in [7, 11) is 1.96. The third-order valence-electron chi connectivity index (χ3n) is 4.51. The van der Waals surface area contributed by atoms with E-state index < -0.39 is 0 Å². The van der Waals surface area contributed by atoms with Gasteiger partial charge in [0.2, 0.25) is 0 Å². The molecule has 29 heavy (non-hydrogen) atoms. The first kappa shape index (κ1) is 23.2. The highest BCUT2D eigenvalue weighted by Crippen LogP contribution is 2.03. The van der Waals surface area contributed by atoms with Crippen molar-refractivity contribution in [2.24, 2.45) is 18.0 Å².